The monoisotopic (exact) mass is 380 g/mol. The third-order valence-electron chi connectivity index (χ3n) is 4.90. The van der Waals surface area contributed by atoms with Crippen LogP contribution in [0.5, 0.6) is 0 Å². The number of hydrogen-bond acceptors (Lipinski definition) is 7. The van der Waals surface area contributed by atoms with Gasteiger partial charge >= 0.3 is 5.63 Å². The van der Waals surface area contributed by atoms with Crippen molar-refractivity contribution >= 4 is 34.5 Å². The molecule has 3 N–H and O–H groups in total. The van der Waals surface area contributed by atoms with E-state index in [0.717, 1.165) is 47.1 Å². The molecule has 0 spiro atoms. The standard InChI is InChI=1S/C18H20O5S2/c19-13-8-24-18(16(21)15(13)20)25-9-5-6-11-10-3-1-2-4-12(10)17(22)23-14(11)7-9/h5-7,13,15-16,18-21H,1-4,8H2/t13-,15+,16-,18+/m1/s1. The summed E-state index contributed by atoms with van der Waals surface area (Å²) in [6.07, 6.45) is 0.766. The van der Waals surface area contributed by atoms with Crippen molar-refractivity contribution < 1.29 is 19.7 Å². The Bertz CT molecular complexity index is 849. The van der Waals surface area contributed by atoms with Crippen LogP contribution in [0.4, 0.5) is 0 Å². The van der Waals surface area contributed by atoms with Gasteiger partial charge in [-0.25, -0.2) is 4.79 Å². The Morgan fingerprint density at radius 2 is 1.84 bits per heavy atom. The molecule has 1 aromatic heterocycles. The number of aliphatic hydroxyl groups is 3. The molecule has 2 aromatic rings. The van der Waals surface area contributed by atoms with Crippen molar-refractivity contribution in [3.63, 3.8) is 0 Å². The zero-order valence-electron chi connectivity index (χ0n) is 13.6. The van der Waals surface area contributed by atoms with Gasteiger partial charge in [0.15, 0.2) is 0 Å². The summed E-state index contributed by atoms with van der Waals surface area (Å²) >= 11 is 2.84. The SMILES string of the molecule is O=c1oc2cc(S[C@@H]3SC[C@@H](O)[C@H](O)[C@H]3O)ccc2c2c1CCCC2. The molecular formula is C18H20O5S2. The van der Waals surface area contributed by atoms with E-state index in [1.165, 1.54) is 23.5 Å². The van der Waals surface area contributed by atoms with Crippen molar-refractivity contribution in [3.05, 3.63) is 39.7 Å². The molecule has 2 heterocycles. The van der Waals surface area contributed by atoms with Gasteiger partial charge in [0.2, 0.25) is 0 Å². The van der Waals surface area contributed by atoms with E-state index in [-0.39, 0.29) is 10.2 Å². The Morgan fingerprint density at radius 1 is 1.08 bits per heavy atom. The van der Waals surface area contributed by atoms with E-state index < -0.39 is 18.3 Å². The lowest BCUT2D eigenvalue weighted by atomic mass is 9.91. The zero-order valence-corrected chi connectivity index (χ0v) is 15.2. The zero-order chi connectivity index (χ0) is 17.6. The fraction of sp³-hybridized carbons (Fsp3) is 0.500. The molecule has 0 unspecified atom stereocenters. The van der Waals surface area contributed by atoms with E-state index in [1.54, 1.807) is 0 Å². The molecule has 1 aliphatic carbocycles. The fourth-order valence-electron chi connectivity index (χ4n) is 3.52. The van der Waals surface area contributed by atoms with Crippen molar-refractivity contribution in [3.8, 4) is 0 Å². The van der Waals surface area contributed by atoms with Crippen LogP contribution in [0.2, 0.25) is 0 Å². The summed E-state index contributed by atoms with van der Waals surface area (Å²) in [4.78, 5) is 13.1. The molecule has 134 valence electrons. The van der Waals surface area contributed by atoms with Gasteiger partial charge in [-0.1, -0.05) is 0 Å². The number of aliphatic hydroxyl groups excluding tert-OH is 3. The van der Waals surface area contributed by atoms with Crippen LogP contribution in [0.1, 0.15) is 24.0 Å². The second kappa shape index (κ2) is 6.96. The lowest BCUT2D eigenvalue weighted by Gasteiger charge is -2.34. The average molecular weight is 380 g/mol. The first kappa shape index (κ1) is 17.4. The minimum absolute atomic E-state index is 0.241. The predicted molar refractivity (Wildman–Crippen MR) is 99.2 cm³/mol. The normalized spacial score (nSPS) is 29.6. The summed E-state index contributed by atoms with van der Waals surface area (Å²) in [7, 11) is 0. The van der Waals surface area contributed by atoms with Crippen LogP contribution in [0, 0.1) is 0 Å². The number of thioether (sulfide) groups is 2. The summed E-state index contributed by atoms with van der Waals surface area (Å²) < 4.78 is 5.25. The number of fused-ring (bicyclic) bond motifs is 3. The largest absolute Gasteiger partial charge is 0.422 e. The third-order valence-corrected chi connectivity index (χ3v) is 7.78. The molecular weight excluding hydrogens is 360 g/mol. The van der Waals surface area contributed by atoms with Gasteiger partial charge in [-0.15, -0.1) is 23.5 Å². The summed E-state index contributed by atoms with van der Waals surface area (Å²) in [6, 6.07) is 5.78. The van der Waals surface area contributed by atoms with E-state index >= 15 is 0 Å². The number of benzene rings is 1. The smallest absolute Gasteiger partial charge is 0.339 e. The van der Waals surface area contributed by atoms with Crippen molar-refractivity contribution in [2.75, 3.05) is 5.75 Å². The lowest BCUT2D eigenvalue weighted by Crippen LogP contribution is -2.47. The van der Waals surface area contributed by atoms with Crippen LogP contribution in [0.3, 0.4) is 0 Å². The maximum Gasteiger partial charge on any atom is 0.339 e. The van der Waals surface area contributed by atoms with Crippen LogP contribution in [0.25, 0.3) is 11.0 Å². The van der Waals surface area contributed by atoms with Crippen molar-refractivity contribution in [2.45, 2.75) is 53.5 Å². The van der Waals surface area contributed by atoms with Crippen molar-refractivity contribution in [2.24, 2.45) is 0 Å². The van der Waals surface area contributed by atoms with Crippen LogP contribution in [0.15, 0.2) is 32.3 Å². The van der Waals surface area contributed by atoms with Crippen LogP contribution in [-0.2, 0) is 12.8 Å². The van der Waals surface area contributed by atoms with Crippen LogP contribution in [-0.4, -0.2) is 44.0 Å². The second-order valence-electron chi connectivity index (χ2n) is 6.58. The van der Waals surface area contributed by atoms with Gasteiger partial charge in [-0.3, -0.25) is 0 Å². The number of aryl methyl sites for hydroxylation is 1. The maximum atomic E-state index is 12.2. The maximum absolute atomic E-state index is 12.2. The van der Waals surface area contributed by atoms with Crippen LogP contribution >= 0.6 is 23.5 Å². The summed E-state index contributed by atoms with van der Waals surface area (Å²) in [6.45, 7) is 0. The highest BCUT2D eigenvalue weighted by molar-refractivity contribution is 8.17. The van der Waals surface area contributed by atoms with E-state index in [4.69, 9.17) is 4.42 Å². The highest BCUT2D eigenvalue weighted by Crippen LogP contribution is 2.39. The number of hydrogen-bond donors (Lipinski definition) is 3. The van der Waals surface area contributed by atoms with Gasteiger partial charge in [0.05, 0.1) is 10.7 Å². The first-order valence-corrected chi connectivity index (χ1v) is 10.4. The Balaban J connectivity index is 1.65. The molecule has 2 aliphatic rings. The molecule has 5 nitrogen and oxygen atoms in total. The predicted octanol–water partition coefficient (Wildman–Crippen LogP) is 1.92. The van der Waals surface area contributed by atoms with E-state index in [2.05, 4.69) is 0 Å². The molecule has 4 rings (SSSR count). The summed E-state index contributed by atoms with van der Waals surface area (Å²) in [5, 5.41) is 30.6. The first-order valence-electron chi connectivity index (χ1n) is 8.45. The molecule has 0 bridgehead atoms. The molecule has 4 atom stereocenters. The van der Waals surface area contributed by atoms with Crippen molar-refractivity contribution in [1.29, 1.82) is 0 Å². The molecule has 0 radical (unpaired) electrons. The second-order valence-corrected chi connectivity index (χ2v) is 9.27. The average Bonchev–Trinajstić information content (AvgIpc) is 2.62. The topological polar surface area (TPSA) is 90.9 Å². The highest BCUT2D eigenvalue weighted by atomic mass is 32.2. The molecule has 1 saturated heterocycles. The minimum atomic E-state index is -1.14. The van der Waals surface area contributed by atoms with Gasteiger partial charge in [-0.05, 0) is 49.4 Å². The molecule has 0 amide bonds. The Morgan fingerprint density at radius 3 is 2.64 bits per heavy atom. The highest BCUT2D eigenvalue weighted by Gasteiger charge is 2.37. The van der Waals surface area contributed by atoms with E-state index in [0.29, 0.717) is 11.3 Å². The quantitative estimate of drug-likeness (QED) is 0.686. The van der Waals surface area contributed by atoms with Crippen molar-refractivity contribution in [1.82, 2.24) is 0 Å². The van der Waals surface area contributed by atoms with Gasteiger partial charge in [0.25, 0.3) is 0 Å². The van der Waals surface area contributed by atoms with E-state index in [9.17, 15) is 20.1 Å². The fourth-order valence-corrected chi connectivity index (χ4v) is 6.19. The van der Waals surface area contributed by atoms with Gasteiger partial charge in [0, 0.05) is 21.6 Å². The number of rotatable bonds is 2. The Hall–Kier alpha value is -0.990. The van der Waals surface area contributed by atoms with Gasteiger partial charge in [0.1, 0.15) is 17.8 Å². The summed E-state index contributed by atoms with van der Waals surface area (Å²) in [5.41, 5.74) is 2.26. The Kier molecular flexibility index (Phi) is 4.85. The van der Waals surface area contributed by atoms with Gasteiger partial charge < -0.3 is 19.7 Å². The third kappa shape index (κ3) is 3.24. The summed E-state index contributed by atoms with van der Waals surface area (Å²) in [5.74, 6) is 0.381. The molecule has 7 heteroatoms. The minimum Gasteiger partial charge on any atom is -0.422 e. The Labute approximate surface area is 153 Å². The molecule has 1 fully saturated rings. The molecule has 0 saturated carbocycles. The van der Waals surface area contributed by atoms with Gasteiger partial charge in [-0.2, -0.15) is 0 Å². The van der Waals surface area contributed by atoms with E-state index in [1.807, 2.05) is 18.2 Å². The lowest BCUT2D eigenvalue weighted by molar-refractivity contribution is -0.0474. The molecule has 1 aromatic carbocycles. The molecule has 1 aliphatic heterocycles. The molecule has 25 heavy (non-hydrogen) atoms. The van der Waals surface area contributed by atoms with Crippen LogP contribution < -0.4 is 5.63 Å². The first-order chi connectivity index (χ1) is 12.0.